The van der Waals surface area contributed by atoms with Crippen LogP contribution in [-0.4, -0.2) is 93.1 Å². The van der Waals surface area contributed by atoms with E-state index in [1.165, 1.54) is 68.1 Å². The lowest BCUT2D eigenvalue weighted by atomic mass is 10.1. The Morgan fingerprint density at radius 2 is 0.959 bits per heavy atom. The molecule has 5 aromatic rings. The van der Waals surface area contributed by atoms with Crippen molar-refractivity contribution in [2.45, 2.75) is 144 Å². The lowest BCUT2D eigenvalue weighted by Gasteiger charge is -2.23. The van der Waals surface area contributed by atoms with Gasteiger partial charge in [-0.3, -0.25) is 24.5 Å². The van der Waals surface area contributed by atoms with Crippen LogP contribution in [0, 0.1) is 31.6 Å². The number of pyridine rings is 3. The van der Waals surface area contributed by atoms with Crippen LogP contribution in [0.5, 0.6) is 0 Å². The van der Waals surface area contributed by atoms with Gasteiger partial charge in [0.1, 0.15) is 26.2 Å². The predicted octanol–water partition coefficient (Wildman–Crippen LogP) is 12.3. The van der Waals surface area contributed by atoms with Crippen LogP contribution in [-0.2, 0) is 29.2 Å². The average molecular weight is 1110 g/mol. The van der Waals surface area contributed by atoms with Crippen LogP contribution < -0.4 is 10.6 Å². The highest BCUT2D eigenvalue weighted by molar-refractivity contribution is 7.19. The molecule has 6 aliphatic rings. The monoisotopic (exact) mass is 1110 g/mol. The molecule has 0 saturated heterocycles. The molecule has 3 aliphatic carbocycles. The SMILES string of the molecule is CC(=O)Nc1nc(C)c(-c2cc3c(c(Cl)n2)C(=O)N([C@@H](C)C2CC2)C3)s1.C[C@@H](C1CC1)N1Cc2cc(Cl)nc(Cl)c2C1=O.Cc1nc(NC(=O)OC(C)(C)C)sc1-c1cc2c(c(Cl)n1)C(=O)N([C@@H](C)C1CC1)C2. The Balaban J connectivity index is 0.000000140. The number of aryl methyl sites for hydroxylation is 2. The highest BCUT2D eigenvalue weighted by atomic mass is 35.5. The van der Waals surface area contributed by atoms with Crippen LogP contribution in [0.2, 0.25) is 20.6 Å². The summed E-state index contributed by atoms with van der Waals surface area (Å²) in [5.41, 5.74) is 6.49. The van der Waals surface area contributed by atoms with E-state index >= 15 is 0 Å². The molecule has 16 nitrogen and oxygen atoms in total. The van der Waals surface area contributed by atoms with Gasteiger partial charge >= 0.3 is 6.09 Å². The van der Waals surface area contributed by atoms with Crippen molar-refractivity contribution in [3.8, 4) is 21.1 Å². The normalized spacial score (nSPS) is 18.0. The van der Waals surface area contributed by atoms with Gasteiger partial charge in [0.05, 0.1) is 49.2 Å². The van der Waals surface area contributed by atoms with Gasteiger partial charge in [0.15, 0.2) is 10.3 Å². The van der Waals surface area contributed by atoms with Crippen molar-refractivity contribution in [1.82, 2.24) is 39.6 Å². The number of carbonyl (C=O) groups excluding carboxylic acids is 5. The molecule has 5 aromatic heterocycles. The molecule has 8 heterocycles. The second kappa shape index (κ2) is 20.6. The van der Waals surface area contributed by atoms with Gasteiger partial charge in [-0.05, 0) is 147 Å². The lowest BCUT2D eigenvalue weighted by molar-refractivity contribution is -0.114. The van der Waals surface area contributed by atoms with Gasteiger partial charge in [0.25, 0.3) is 17.7 Å². The van der Waals surface area contributed by atoms with Crippen molar-refractivity contribution >= 4 is 109 Å². The number of amides is 5. The van der Waals surface area contributed by atoms with Crippen LogP contribution in [0.15, 0.2) is 18.2 Å². The van der Waals surface area contributed by atoms with Crippen LogP contribution >= 0.6 is 69.1 Å². The zero-order valence-electron chi connectivity index (χ0n) is 41.9. The summed E-state index contributed by atoms with van der Waals surface area (Å²) in [7, 11) is 0. The van der Waals surface area contributed by atoms with Crippen molar-refractivity contribution in [3.63, 3.8) is 0 Å². The molecule has 3 atom stereocenters. The molecule has 2 N–H and O–H groups in total. The van der Waals surface area contributed by atoms with E-state index in [2.05, 4.69) is 56.3 Å². The molecule has 386 valence electrons. The minimum Gasteiger partial charge on any atom is -0.444 e. The third kappa shape index (κ3) is 11.5. The minimum atomic E-state index is -0.593. The minimum absolute atomic E-state index is 0.00596. The van der Waals surface area contributed by atoms with Crippen molar-refractivity contribution in [1.29, 1.82) is 0 Å². The standard InChI is InChI=1S/C21H25ClN4O3S.C18H19ClN4O2S.C12H12Cl2N2O/c1-10-16(30-19(23-10)25-20(28)29-21(3,4)5)14-8-13-9-26(11(2)12-6-7-12)18(27)15(13)17(22)24-14;1-8-15(26-18(20-8)21-10(3)24)13-6-12-7-23(9(2)11-4-5-11)17(25)14(12)16(19)22-13;1-6(7-2-3-7)16-5-8-4-9(13)15-11(14)10(8)12(16)17/h8,11-12H,6-7,9H2,1-5H3,(H,23,25,28);6,9,11H,4-5,7H2,1-3H3,(H,20,21,24);4,6-7H,2-3,5H2,1H3/t11-;9-;6-/m000/s1. The number of rotatable bonds is 10. The maximum atomic E-state index is 12.9. The lowest BCUT2D eigenvalue weighted by Crippen LogP contribution is -2.34. The van der Waals surface area contributed by atoms with E-state index < -0.39 is 11.7 Å². The molecular formula is C51H56Cl4N10O6S2. The molecule has 3 fully saturated rings. The fourth-order valence-corrected chi connectivity index (χ4v) is 12.6. The van der Waals surface area contributed by atoms with Crippen LogP contribution in [0.1, 0.15) is 146 Å². The van der Waals surface area contributed by atoms with E-state index in [0.29, 0.717) is 80.9 Å². The Bertz CT molecular complexity index is 3070. The molecule has 5 amide bonds. The second-order valence-electron chi connectivity index (χ2n) is 20.6. The molecule has 11 rings (SSSR count). The Morgan fingerprint density at radius 1 is 0.603 bits per heavy atom. The summed E-state index contributed by atoms with van der Waals surface area (Å²) in [5, 5.41) is 7.35. The number of carbonyl (C=O) groups is 5. The van der Waals surface area contributed by atoms with Gasteiger partial charge in [-0.1, -0.05) is 69.1 Å². The maximum Gasteiger partial charge on any atom is 0.413 e. The third-order valence-corrected chi connectivity index (χ3v) is 17.1. The number of thiazole rings is 2. The summed E-state index contributed by atoms with van der Waals surface area (Å²) in [6.45, 7) is 18.6. The summed E-state index contributed by atoms with van der Waals surface area (Å²) < 4.78 is 5.28. The number of aromatic nitrogens is 5. The van der Waals surface area contributed by atoms with Crippen LogP contribution in [0.3, 0.4) is 0 Å². The second-order valence-corrected chi connectivity index (χ2v) is 24.1. The Morgan fingerprint density at radius 3 is 1.32 bits per heavy atom. The van der Waals surface area contributed by atoms with Crippen molar-refractivity contribution in [3.05, 3.63) is 83.6 Å². The van der Waals surface area contributed by atoms with E-state index in [9.17, 15) is 24.0 Å². The number of hydrogen-bond acceptors (Lipinski definition) is 13. The van der Waals surface area contributed by atoms with Gasteiger partial charge in [-0.2, -0.15) is 0 Å². The summed E-state index contributed by atoms with van der Waals surface area (Å²) in [6, 6.07) is 6.29. The average Bonchev–Trinajstić information content (AvgIpc) is 4.24. The number of hydrogen-bond donors (Lipinski definition) is 2. The number of nitrogens with zero attached hydrogens (tertiary/aromatic N) is 8. The first-order valence-corrected chi connectivity index (χ1v) is 27.5. The number of fused-ring (bicyclic) bond motifs is 3. The van der Waals surface area contributed by atoms with Crippen molar-refractivity contribution in [2.24, 2.45) is 17.8 Å². The topological polar surface area (TPSA) is 193 Å². The number of anilines is 2. The molecular weight excluding hydrogens is 1050 g/mol. The van der Waals surface area contributed by atoms with E-state index in [-0.39, 0.29) is 57.2 Å². The van der Waals surface area contributed by atoms with E-state index in [1.54, 1.807) is 26.8 Å². The van der Waals surface area contributed by atoms with Crippen molar-refractivity contribution in [2.75, 3.05) is 10.6 Å². The highest BCUT2D eigenvalue weighted by Gasteiger charge is 2.43. The summed E-state index contributed by atoms with van der Waals surface area (Å²) in [6.07, 6.45) is 6.59. The predicted molar refractivity (Wildman–Crippen MR) is 285 cm³/mol. The maximum absolute atomic E-state index is 12.9. The number of nitrogens with one attached hydrogen (secondary N) is 2. The molecule has 0 bridgehead atoms. The smallest absolute Gasteiger partial charge is 0.413 e. The first-order chi connectivity index (χ1) is 34.5. The van der Waals surface area contributed by atoms with E-state index in [4.69, 9.17) is 51.1 Å². The first kappa shape index (κ1) is 52.9. The fourth-order valence-electron chi connectivity index (χ4n) is 9.54. The summed E-state index contributed by atoms with van der Waals surface area (Å²) in [5.74, 6) is 1.60. The van der Waals surface area contributed by atoms with Gasteiger partial charge in [0, 0.05) is 44.7 Å². The molecule has 22 heteroatoms. The first-order valence-electron chi connectivity index (χ1n) is 24.4. The third-order valence-electron chi connectivity index (χ3n) is 13.9. The Kier molecular flexibility index (Phi) is 14.9. The van der Waals surface area contributed by atoms with Crippen LogP contribution in [0.25, 0.3) is 21.1 Å². The molecule has 73 heavy (non-hydrogen) atoms. The summed E-state index contributed by atoms with van der Waals surface area (Å²) in [4.78, 5) is 90.2. The molecule has 0 unspecified atom stereocenters. The Labute approximate surface area is 451 Å². The molecule has 0 aromatic carbocycles. The highest BCUT2D eigenvalue weighted by Crippen LogP contribution is 2.44. The van der Waals surface area contributed by atoms with Gasteiger partial charge < -0.3 is 24.8 Å². The number of ether oxygens (including phenoxy) is 1. The molecule has 0 radical (unpaired) electrons. The van der Waals surface area contributed by atoms with Gasteiger partial charge in [0.2, 0.25) is 5.91 Å². The van der Waals surface area contributed by atoms with E-state index in [0.717, 1.165) is 37.8 Å². The van der Waals surface area contributed by atoms with Gasteiger partial charge in [-0.25, -0.2) is 29.7 Å². The van der Waals surface area contributed by atoms with Crippen LogP contribution in [0.4, 0.5) is 15.1 Å². The molecule has 3 aliphatic heterocycles. The quantitative estimate of drug-likeness (QED) is 0.126. The Hall–Kier alpha value is -4.98. The summed E-state index contributed by atoms with van der Waals surface area (Å²) >= 11 is 27.3. The zero-order valence-corrected chi connectivity index (χ0v) is 46.6. The van der Waals surface area contributed by atoms with Gasteiger partial charge in [-0.15, -0.1) is 0 Å². The fraction of sp³-hybridized carbons (Fsp3) is 0.490. The zero-order chi connectivity index (χ0) is 52.5. The molecule has 3 saturated carbocycles. The molecule has 0 spiro atoms. The largest absolute Gasteiger partial charge is 0.444 e. The van der Waals surface area contributed by atoms with Crippen molar-refractivity contribution < 1.29 is 28.7 Å². The number of halogens is 4. The van der Waals surface area contributed by atoms with E-state index in [1.807, 2.05) is 40.7 Å².